The summed E-state index contributed by atoms with van der Waals surface area (Å²) >= 11 is 0. The molecule has 0 radical (unpaired) electrons. The SMILES string of the molecule is N#CNC(=NC1C2CC3CC1CC(O)(C3)C2)C1CCCC1. The van der Waals surface area contributed by atoms with E-state index in [4.69, 9.17) is 10.3 Å². The van der Waals surface area contributed by atoms with Crippen molar-refractivity contribution in [2.75, 3.05) is 0 Å². The number of nitrogens with zero attached hydrogens (tertiary/aromatic N) is 2. The Balaban J connectivity index is 1.58. The highest BCUT2D eigenvalue weighted by Gasteiger charge is 2.54. The fraction of sp³-hybridized carbons (Fsp3) is 0.882. The molecular weight excluding hydrogens is 262 g/mol. The zero-order chi connectivity index (χ0) is 14.4. The van der Waals surface area contributed by atoms with Crippen LogP contribution in [0.1, 0.15) is 57.8 Å². The number of nitrogens with one attached hydrogen (secondary N) is 1. The average molecular weight is 287 g/mol. The highest BCUT2D eigenvalue weighted by molar-refractivity contribution is 5.86. The van der Waals surface area contributed by atoms with Gasteiger partial charge in [-0.1, -0.05) is 12.8 Å². The zero-order valence-electron chi connectivity index (χ0n) is 12.6. The molecule has 5 saturated carbocycles. The number of amidine groups is 1. The van der Waals surface area contributed by atoms with Gasteiger partial charge in [0.25, 0.3) is 0 Å². The Kier molecular flexibility index (Phi) is 3.22. The zero-order valence-corrected chi connectivity index (χ0v) is 12.6. The van der Waals surface area contributed by atoms with Crippen molar-refractivity contribution in [3.8, 4) is 6.19 Å². The van der Waals surface area contributed by atoms with E-state index in [0.717, 1.165) is 31.0 Å². The van der Waals surface area contributed by atoms with E-state index in [1.54, 1.807) is 0 Å². The molecule has 4 heteroatoms. The number of rotatable bonds is 2. The smallest absolute Gasteiger partial charge is 0.182 e. The first-order valence-electron chi connectivity index (χ1n) is 8.62. The molecule has 0 saturated heterocycles. The molecule has 0 amide bonds. The first-order valence-corrected chi connectivity index (χ1v) is 8.62. The number of aliphatic imine (C=N–C) groups is 1. The van der Waals surface area contributed by atoms with Crippen LogP contribution in [0.2, 0.25) is 0 Å². The maximum Gasteiger partial charge on any atom is 0.182 e. The molecule has 5 fully saturated rings. The van der Waals surface area contributed by atoms with Crippen molar-refractivity contribution in [1.82, 2.24) is 5.32 Å². The largest absolute Gasteiger partial charge is 0.390 e. The lowest BCUT2D eigenvalue weighted by Gasteiger charge is -2.57. The molecular formula is C17H25N3O. The Labute approximate surface area is 126 Å². The summed E-state index contributed by atoms with van der Waals surface area (Å²) < 4.78 is 0. The number of aliphatic hydroxyl groups is 1. The molecule has 4 nitrogen and oxygen atoms in total. The molecule has 21 heavy (non-hydrogen) atoms. The summed E-state index contributed by atoms with van der Waals surface area (Å²) in [4.78, 5) is 5.05. The molecule has 2 atom stereocenters. The molecule has 2 unspecified atom stereocenters. The van der Waals surface area contributed by atoms with Crippen LogP contribution in [0.25, 0.3) is 0 Å². The Morgan fingerprint density at radius 2 is 1.81 bits per heavy atom. The minimum absolute atomic E-state index is 0.346. The number of hydrogen-bond acceptors (Lipinski definition) is 3. The van der Waals surface area contributed by atoms with Crippen molar-refractivity contribution in [3.63, 3.8) is 0 Å². The lowest BCUT2D eigenvalue weighted by atomic mass is 9.52. The molecule has 114 valence electrons. The van der Waals surface area contributed by atoms with Crippen molar-refractivity contribution in [2.45, 2.75) is 69.4 Å². The van der Waals surface area contributed by atoms with Crippen LogP contribution in [0.3, 0.4) is 0 Å². The van der Waals surface area contributed by atoms with Crippen LogP contribution >= 0.6 is 0 Å². The predicted molar refractivity (Wildman–Crippen MR) is 80.4 cm³/mol. The third-order valence-corrected chi connectivity index (χ3v) is 6.41. The van der Waals surface area contributed by atoms with Crippen LogP contribution in [0.5, 0.6) is 0 Å². The van der Waals surface area contributed by atoms with Gasteiger partial charge in [-0.25, -0.2) is 0 Å². The molecule has 0 heterocycles. The van der Waals surface area contributed by atoms with Crippen LogP contribution in [0.15, 0.2) is 4.99 Å². The first-order chi connectivity index (χ1) is 10.2. The quantitative estimate of drug-likeness (QED) is 0.355. The molecule has 5 aliphatic rings. The molecule has 2 N–H and O–H groups in total. The highest BCUT2D eigenvalue weighted by Crippen LogP contribution is 2.56. The second-order valence-corrected chi connectivity index (χ2v) is 7.92. The van der Waals surface area contributed by atoms with Gasteiger partial charge in [0.2, 0.25) is 0 Å². The number of hydrogen-bond donors (Lipinski definition) is 2. The van der Waals surface area contributed by atoms with E-state index in [0.29, 0.717) is 23.8 Å². The Hall–Kier alpha value is -1.08. The summed E-state index contributed by atoms with van der Waals surface area (Å²) in [6.07, 6.45) is 12.3. The molecule has 0 aromatic rings. The maximum absolute atomic E-state index is 10.7. The fourth-order valence-corrected chi connectivity index (χ4v) is 5.82. The summed E-state index contributed by atoms with van der Waals surface area (Å²) in [5.41, 5.74) is -0.390. The van der Waals surface area contributed by atoms with E-state index in [2.05, 4.69) is 11.5 Å². The van der Waals surface area contributed by atoms with Gasteiger partial charge >= 0.3 is 0 Å². The van der Waals surface area contributed by atoms with E-state index >= 15 is 0 Å². The summed E-state index contributed by atoms with van der Waals surface area (Å²) in [5.74, 6) is 3.21. The summed E-state index contributed by atoms with van der Waals surface area (Å²) in [7, 11) is 0. The van der Waals surface area contributed by atoms with Crippen molar-refractivity contribution in [3.05, 3.63) is 0 Å². The van der Waals surface area contributed by atoms with Crippen molar-refractivity contribution >= 4 is 5.84 Å². The van der Waals surface area contributed by atoms with Gasteiger partial charge in [-0.3, -0.25) is 10.3 Å². The van der Waals surface area contributed by atoms with Gasteiger partial charge in [0.15, 0.2) is 6.19 Å². The van der Waals surface area contributed by atoms with E-state index in [9.17, 15) is 5.11 Å². The van der Waals surface area contributed by atoms with E-state index < -0.39 is 5.60 Å². The fourth-order valence-electron chi connectivity index (χ4n) is 5.82. The summed E-state index contributed by atoms with van der Waals surface area (Å²) in [5, 5.41) is 22.6. The minimum atomic E-state index is -0.390. The Morgan fingerprint density at radius 3 is 2.38 bits per heavy atom. The van der Waals surface area contributed by atoms with E-state index in [1.807, 2.05) is 0 Å². The Morgan fingerprint density at radius 1 is 1.14 bits per heavy atom. The van der Waals surface area contributed by atoms with Crippen molar-refractivity contribution < 1.29 is 5.11 Å². The van der Waals surface area contributed by atoms with Gasteiger partial charge in [0.05, 0.1) is 11.6 Å². The molecule has 0 aromatic heterocycles. The van der Waals surface area contributed by atoms with Gasteiger partial charge in [0, 0.05) is 5.92 Å². The average Bonchev–Trinajstić information content (AvgIpc) is 2.93. The predicted octanol–water partition coefficient (Wildman–Crippen LogP) is 2.59. The van der Waals surface area contributed by atoms with Gasteiger partial charge in [-0.05, 0) is 62.7 Å². The topological polar surface area (TPSA) is 68.4 Å². The van der Waals surface area contributed by atoms with Crippen LogP contribution < -0.4 is 5.32 Å². The van der Waals surface area contributed by atoms with Crippen molar-refractivity contribution in [1.29, 1.82) is 5.26 Å². The first kappa shape index (κ1) is 13.6. The molecule has 5 aliphatic carbocycles. The molecule has 5 rings (SSSR count). The van der Waals surface area contributed by atoms with Crippen LogP contribution in [0, 0.1) is 35.1 Å². The standard InChI is InChI=1S/C17H25N3O/c18-10-19-16(12-3-1-2-4-12)20-15-13-5-11-6-14(15)9-17(21,7-11)8-13/h11-15,21H,1-9H2,(H,19,20). The molecule has 4 bridgehead atoms. The second kappa shape index (κ2) is 4.98. The van der Waals surface area contributed by atoms with Crippen LogP contribution in [-0.2, 0) is 0 Å². The number of nitriles is 1. The van der Waals surface area contributed by atoms with Gasteiger partial charge in [0.1, 0.15) is 5.84 Å². The Bertz CT molecular complexity index is 473. The third kappa shape index (κ3) is 2.36. The van der Waals surface area contributed by atoms with Gasteiger partial charge in [-0.2, -0.15) is 5.26 Å². The van der Waals surface area contributed by atoms with Gasteiger partial charge < -0.3 is 5.11 Å². The monoisotopic (exact) mass is 287 g/mol. The maximum atomic E-state index is 10.7. The molecule has 0 spiro atoms. The van der Waals surface area contributed by atoms with E-state index in [1.165, 1.54) is 38.5 Å². The summed E-state index contributed by atoms with van der Waals surface area (Å²) in [6.45, 7) is 0. The van der Waals surface area contributed by atoms with Crippen LogP contribution in [0.4, 0.5) is 0 Å². The summed E-state index contributed by atoms with van der Waals surface area (Å²) in [6, 6.07) is 0.346. The minimum Gasteiger partial charge on any atom is -0.390 e. The third-order valence-electron chi connectivity index (χ3n) is 6.41. The second-order valence-electron chi connectivity index (χ2n) is 7.92. The molecule has 0 aromatic carbocycles. The van der Waals surface area contributed by atoms with Crippen molar-refractivity contribution in [2.24, 2.45) is 28.7 Å². The van der Waals surface area contributed by atoms with Gasteiger partial charge in [-0.15, -0.1) is 0 Å². The molecule has 0 aliphatic heterocycles. The lowest BCUT2D eigenvalue weighted by molar-refractivity contribution is -0.132. The van der Waals surface area contributed by atoms with E-state index in [-0.39, 0.29) is 0 Å². The lowest BCUT2D eigenvalue weighted by Crippen LogP contribution is -2.56. The normalized spacial score (nSPS) is 45.8. The van der Waals surface area contributed by atoms with Crippen LogP contribution in [-0.4, -0.2) is 22.6 Å². The highest BCUT2D eigenvalue weighted by atomic mass is 16.3.